The Kier molecular flexibility index (Phi) is 7.01. The molecule has 0 spiro atoms. The second kappa shape index (κ2) is 8.01. The van der Waals surface area contributed by atoms with Gasteiger partial charge in [-0.25, -0.2) is 0 Å². The van der Waals surface area contributed by atoms with Gasteiger partial charge in [-0.05, 0) is 30.6 Å². The lowest BCUT2D eigenvalue weighted by Gasteiger charge is -2.26. The highest BCUT2D eigenvalue weighted by Gasteiger charge is 2.22. The minimum Gasteiger partial charge on any atom is -0.381 e. The first kappa shape index (κ1) is 16.6. The number of unbranched alkanes of at least 4 members (excludes halogenated alkanes) is 1. The molecule has 1 heterocycles. The number of carbonyl (C=O) groups is 1. The summed E-state index contributed by atoms with van der Waals surface area (Å²) in [5.41, 5.74) is 6.06. The van der Waals surface area contributed by atoms with E-state index in [1.165, 1.54) is 25.7 Å². The Morgan fingerprint density at radius 3 is 2.47 bits per heavy atom. The van der Waals surface area contributed by atoms with Crippen LogP contribution in [0.4, 0.5) is 0 Å². The second-order valence-corrected chi connectivity index (χ2v) is 7.02. The SMILES string of the molecule is CC(C)(C)C(N)CC(=O)CCCCC1CCOCC1. The van der Waals surface area contributed by atoms with Gasteiger partial charge in [-0.2, -0.15) is 0 Å². The first-order chi connectivity index (χ1) is 8.89. The van der Waals surface area contributed by atoms with Gasteiger partial charge in [0.2, 0.25) is 0 Å². The fourth-order valence-corrected chi connectivity index (χ4v) is 2.44. The third kappa shape index (κ3) is 7.07. The van der Waals surface area contributed by atoms with E-state index >= 15 is 0 Å². The molecule has 1 rings (SSSR count). The first-order valence-corrected chi connectivity index (χ1v) is 7.74. The van der Waals surface area contributed by atoms with E-state index in [-0.39, 0.29) is 11.5 Å². The molecule has 1 aliphatic rings. The van der Waals surface area contributed by atoms with Crippen molar-refractivity contribution in [3.8, 4) is 0 Å². The van der Waals surface area contributed by atoms with E-state index in [9.17, 15) is 4.79 Å². The summed E-state index contributed by atoms with van der Waals surface area (Å²) in [6.45, 7) is 8.12. The minimum absolute atomic E-state index is 0.0181. The van der Waals surface area contributed by atoms with Crippen LogP contribution in [-0.2, 0) is 9.53 Å². The molecule has 1 fully saturated rings. The molecule has 0 bridgehead atoms. The van der Waals surface area contributed by atoms with Crippen LogP contribution < -0.4 is 5.73 Å². The fraction of sp³-hybridized carbons (Fsp3) is 0.938. The molecule has 1 unspecified atom stereocenters. The van der Waals surface area contributed by atoms with E-state index in [0.717, 1.165) is 25.6 Å². The Morgan fingerprint density at radius 1 is 1.26 bits per heavy atom. The van der Waals surface area contributed by atoms with Crippen LogP contribution in [0.15, 0.2) is 0 Å². The highest BCUT2D eigenvalue weighted by atomic mass is 16.5. The van der Waals surface area contributed by atoms with Crippen LogP contribution in [0.25, 0.3) is 0 Å². The summed E-state index contributed by atoms with van der Waals surface area (Å²) in [6.07, 6.45) is 7.07. The van der Waals surface area contributed by atoms with E-state index in [0.29, 0.717) is 18.6 Å². The standard InChI is InChI=1S/C16H31NO2/c1-16(2,3)15(17)12-14(18)7-5-4-6-13-8-10-19-11-9-13/h13,15H,4-12,17H2,1-3H3. The van der Waals surface area contributed by atoms with Crippen LogP contribution in [0.3, 0.4) is 0 Å². The van der Waals surface area contributed by atoms with Crippen molar-refractivity contribution in [3.63, 3.8) is 0 Å². The maximum Gasteiger partial charge on any atom is 0.134 e. The van der Waals surface area contributed by atoms with Gasteiger partial charge in [0.05, 0.1) is 0 Å². The Morgan fingerprint density at radius 2 is 1.89 bits per heavy atom. The number of ketones is 1. The van der Waals surface area contributed by atoms with Crippen molar-refractivity contribution in [2.24, 2.45) is 17.1 Å². The zero-order chi connectivity index (χ0) is 14.3. The molecular weight excluding hydrogens is 238 g/mol. The van der Waals surface area contributed by atoms with Crippen molar-refractivity contribution in [1.82, 2.24) is 0 Å². The van der Waals surface area contributed by atoms with Gasteiger partial charge in [0.1, 0.15) is 5.78 Å². The summed E-state index contributed by atoms with van der Waals surface area (Å²) in [5, 5.41) is 0. The lowest BCUT2D eigenvalue weighted by Crippen LogP contribution is -2.36. The van der Waals surface area contributed by atoms with E-state index in [2.05, 4.69) is 20.8 Å². The molecule has 0 saturated carbocycles. The highest BCUT2D eigenvalue weighted by Crippen LogP contribution is 2.23. The van der Waals surface area contributed by atoms with Gasteiger partial charge in [-0.1, -0.05) is 33.6 Å². The lowest BCUT2D eigenvalue weighted by molar-refractivity contribution is -0.120. The number of hydrogen-bond donors (Lipinski definition) is 1. The predicted molar refractivity (Wildman–Crippen MR) is 79.1 cm³/mol. The molecule has 3 heteroatoms. The molecule has 2 N–H and O–H groups in total. The van der Waals surface area contributed by atoms with Crippen LogP contribution in [0, 0.1) is 11.3 Å². The minimum atomic E-state index is -0.0181. The summed E-state index contributed by atoms with van der Waals surface area (Å²) in [4.78, 5) is 11.9. The van der Waals surface area contributed by atoms with Gasteiger partial charge in [0.15, 0.2) is 0 Å². The van der Waals surface area contributed by atoms with E-state index in [1.807, 2.05) is 0 Å². The zero-order valence-electron chi connectivity index (χ0n) is 12.9. The molecular formula is C16H31NO2. The number of nitrogens with two attached hydrogens (primary N) is 1. The topological polar surface area (TPSA) is 52.3 Å². The number of Topliss-reactive ketones (excluding diaryl/α,β-unsaturated/α-hetero) is 1. The fourth-order valence-electron chi connectivity index (χ4n) is 2.44. The summed E-state index contributed by atoms with van der Waals surface area (Å²) < 4.78 is 5.35. The third-order valence-corrected chi connectivity index (χ3v) is 4.22. The van der Waals surface area contributed by atoms with Crippen molar-refractivity contribution in [2.75, 3.05) is 13.2 Å². The molecule has 1 atom stereocenters. The second-order valence-electron chi connectivity index (χ2n) is 7.02. The maximum atomic E-state index is 11.9. The molecule has 1 saturated heterocycles. The summed E-state index contributed by atoms with van der Waals surface area (Å²) in [5.74, 6) is 1.15. The molecule has 0 amide bonds. The van der Waals surface area contributed by atoms with Crippen LogP contribution in [0.5, 0.6) is 0 Å². The van der Waals surface area contributed by atoms with Crippen molar-refractivity contribution >= 4 is 5.78 Å². The molecule has 19 heavy (non-hydrogen) atoms. The van der Waals surface area contributed by atoms with Crippen molar-refractivity contribution in [1.29, 1.82) is 0 Å². The Bertz CT molecular complexity index is 264. The van der Waals surface area contributed by atoms with Gasteiger partial charge in [0.25, 0.3) is 0 Å². The summed E-state index contributed by atoms with van der Waals surface area (Å²) in [7, 11) is 0. The number of rotatable bonds is 7. The van der Waals surface area contributed by atoms with Gasteiger partial charge in [-0.15, -0.1) is 0 Å². The average Bonchev–Trinajstić information content (AvgIpc) is 2.35. The smallest absolute Gasteiger partial charge is 0.134 e. The van der Waals surface area contributed by atoms with E-state index < -0.39 is 0 Å². The molecule has 3 nitrogen and oxygen atoms in total. The highest BCUT2D eigenvalue weighted by molar-refractivity contribution is 5.79. The van der Waals surface area contributed by atoms with Crippen molar-refractivity contribution < 1.29 is 9.53 Å². The zero-order valence-corrected chi connectivity index (χ0v) is 12.9. The van der Waals surface area contributed by atoms with Gasteiger partial charge in [-0.3, -0.25) is 4.79 Å². The normalized spacial score (nSPS) is 19.4. The molecule has 0 aromatic rings. The molecule has 1 aliphatic heterocycles. The Labute approximate surface area is 118 Å². The maximum absolute atomic E-state index is 11.9. The van der Waals surface area contributed by atoms with E-state index in [1.54, 1.807) is 0 Å². The number of ether oxygens (including phenoxy) is 1. The number of hydrogen-bond acceptors (Lipinski definition) is 3. The summed E-state index contributed by atoms with van der Waals surface area (Å²) >= 11 is 0. The van der Waals surface area contributed by atoms with Crippen LogP contribution in [-0.4, -0.2) is 25.0 Å². The first-order valence-electron chi connectivity index (χ1n) is 7.74. The molecule has 0 aliphatic carbocycles. The Balaban J connectivity index is 2.07. The lowest BCUT2D eigenvalue weighted by atomic mass is 9.84. The quantitative estimate of drug-likeness (QED) is 0.721. The van der Waals surface area contributed by atoms with E-state index in [4.69, 9.17) is 10.5 Å². The third-order valence-electron chi connectivity index (χ3n) is 4.22. The number of carbonyl (C=O) groups excluding carboxylic acids is 1. The van der Waals surface area contributed by atoms with Gasteiger partial charge < -0.3 is 10.5 Å². The van der Waals surface area contributed by atoms with Crippen molar-refractivity contribution in [3.05, 3.63) is 0 Å². The molecule has 0 aromatic carbocycles. The molecule has 112 valence electrons. The monoisotopic (exact) mass is 269 g/mol. The van der Waals surface area contributed by atoms with Gasteiger partial charge >= 0.3 is 0 Å². The van der Waals surface area contributed by atoms with Crippen LogP contribution >= 0.6 is 0 Å². The predicted octanol–water partition coefficient (Wildman–Crippen LogP) is 3.31. The van der Waals surface area contributed by atoms with Crippen molar-refractivity contribution in [2.45, 2.75) is 71.8 Å². The Hall–Kier alpha value is -0.410. The summed E-state index contributed by atoms with van der Waals surface area (Å²) in [6, 6.07) is -0.0181. The van der Waals surface area contributed by atoms with Crippen LogP contribution in [0.1, 0.15) is 65.7 Å². The van der Waals surface area contributed by atoms with Gasteiger partial charge in [0, 0.05) is 32.1 Å². The average molecular weight is 269 g/mol. The largest absolute Gasteiger partial charge is 0.381 e. The molecule has 0 aromatic heterocycles. The molecule has 0 radical (unpaired) electrons. The van der Waals surface area contributed by atoms with Crippen LogP contribution in [0.2, 0.25) is 0 Å².